The molecule has 0 atom stereocenters. The summed E-state index contributed by atoms with van der Waals surface area (Å²) in [4.78, 5) is 8.32. The van der Waals surface area contributed by atoms with Gasteiger partial charge in [-0.15, -0.1) is 0 Å². The summed E-state index contributed by atoms with van der Waals surface area (Å²) in [6.45, 7) is 0. The lowest BCUT2D eigenvalue weighted by Crippen LogP contribution is -2.32. The second kappa shape index (κ2) is 4.77. The Bertz CT molecular complexity index is 338. The van der Waals surface area contributed by atoms with Gasteiger partial charge in [0.05, 0.1) is 0 Å². The summed E-state index contributed by atoms with van der Waals surface area (Å²) in [5, 5.41) is 0. The Balaban J connectivity index is 2.77. The molecule has 0 spiro atoms. The fourth-order valence-corrected chi connectivity index (χ4v) is 0.905. The first-order valence-electron chi connectivity index (χ1n) is 3.86. The van der Waals surface area contributed by atoms with E-state index < -0.39 is 10.9 Å². The minimum Gasteiger partial charge on any atom is -0.431 e. The van der Waals surface area contributed by atoms with Crippen molar-refractivity contribution in [1.29, 1.82) is 0 Å². The van der Waals surface area contributed by atoms with E-state index in [2.05, 4.69) is 4.74 Å². The van der Waals surface area contributed by atoms with Crippen molar-refractivity contribution in [2.24, 2.45) is 0 Å². The molecule has 0 radical (unpaired) electrons. The van der Waals surface area contributed by atoms with Gasteiger partial charge in [0.1, 0.15) is 12.0 Å². The van der Waals surface area contributed by atoms with Crippen LogP contribution >= 0.6 is 23.2 Å². The Kier molecular flexibility index (Phi) is 3.88. The molecule has 2 nitrogen and oxygen atoms in total. The molecular weight excluding hydrogens is 249 g/mol. The highest BCUT2D eigenvalue weighted by Crippen LogP contribution is 2.29. The van der Waals surface area contributed by atoms with Crippen LogP contribution in [-0.4, -0.2) is 17.2 Å². The molecule has 0 amide bonds. The SMILES string of the molecule is O=Cc1ccc(OC(F)(F)C(Cl)Cl)cc1. The van der Waals surface area contributed by atoms with Crippen molar-refractivity contribution >= 4 is 29.5 Å². The number of halogens is 4. The van der Waals surface area contributed by atoms with Crippen molar-refractivity contribution in [1.82, 2.24) is 0 Å². The molecule has 0 aliphatic heterocycles. The molecule has 1 aromatic rings. The molecule has 6 heteroatoms. The number of hydrogen-bond donors (Lipinski definition) is 0. The summed E-state index contributed by atoms with van der Waals surface area (Å²) in [5.74, 6) is -0.114. The summed E-state index contributed by atoms with van der Waals surface area (Å²) >= 11 is 10.0. The van der Waals surface area contributed by atoms with Crippen LogP contribution in [-0.2, 0) is 0 Å². The van der Waals surface area contributed by atoms with Crippen LogP contribution < -0.4 is 4.74 Å². The molecule has 0 aliphatic carbocycles. The van der Waals surface area contributed by atoms with Gasteiger partial charge in [-0.1, -0.05) is 23.2 Å². The van der Waals surface area contributed by atoms with E-state index in [4.69, 9.17) is 23.2 Å². The molecule has 15 heavy (non-hydrogen) atoms. The van der Waals surface area contributed by atoms with Gasteiger partial charge >= 0.3 is 6.11 Å². The number of alkyl halides is 4. The lowest BCUT2D eigenvalue weighted by molar-refractivity contribution is -0.163. The van der Waals surface area contributed by atoms with Crippen LogP contribution in [0.1, 0.15) is 10.4 Å². The third-order valence-electron chi connectivity index (χ3n) is 1.52. The fourth-order valence-electron chi connectivity index (χ4n) is 0.816. The van der Waals surface area contributed by atoms with Gasteiger partial charge in [0.15, 0.2) is 0 Å². The van der Waals surface area contributed by atoms with Gasteiger partial charge in [-0.05, 0) is 24.3 Å². The number of ether oxygens (including phenoxy) is 1. The fraction of sp³-hybridized carbons (Fsp3) is 0.222. The van der Waals surface area contributed by atoms with Crippen LogP contribution in [0.25, 0.3) is 0 Å². The summed E-state index contributed by atoms with van der Waals surface area (Å²) in [7, 11) is 0. The maximum Gasteiger partial charge on any atom is 0.428 e. The van der Waals surface area contributed by atoms with Crippen molar-refractivity contribution in [2.75, 3.05) is 0 Å². The van der Waals surface area contributed by atoms with Crippen molar-refractivity contribution in [3.63, 3.8) is 0 Å². The topological polar surface area (TPSA) is 26.3 Å². The number of hydrogen-bond acceptors (Lipinski definition) is 2. The van der Waals surface area contributed by atoms with Gasteiger partial charge in [0.2, 0.25) is 4.84 Å². The smallest absolute Gasteiger partial charge is 0.428 e. The molecule has 0 bridgehead atoms. The van der Waals surface area contributed by atoms with Gasteiger partial charge in [0.25, 0.3) is 0 Å². The van der Waals surface area contributed by atoms with Crippen LogP contribution in [0, 0.1) is 0 Å². The average molecular weight is 255 g/mol. The quantitative estimate of drug-likeness (QED) is 0.609. The lowest BCUT2D eigenvalue weighted by atomic mass is 10.2. The van der Waals surface area contributed by atoms with Crippen molar-refractivity contribution in [2.45, 2.75) is 10.9 Å². The molecule has 82 valence electrons. The second-order valence-electron chi connectivity index (χ2n) is 2.65. The molecule has 1 rings (SSSR count). The first-order chi connectivity index (χ1) is 6.95. The molecule has 0 heterocycles. The van der Waals surface area contributed by atoms with Crippen molar-refractivity contribution in [3.8, 4) is 5.75 Å². The highest BCUT2D eigenvalue weighted by molar-refractivity contribution is 6.44. The molecule has 0 fully saturated rings. The van der Waals surface area contributed by atoms with Gasteiger partial charge in [-0.3, -0.25) is 4.79 Å². The van der Waals surface area contributed by atoms with Crippen molar-refractivity contribution in [3.05, 3.63) is 29.8 Å². The molecule has 0 aromatic heterocycles. The molecule has 0 saturated heterocycles. The Labute approximate surface area is 94.7 Å². The number of carbonyl (C=O) groups is 1. The predicted octanol–water partition coefficient (Wildman–Crippen LogP) is 3.27. The number of aldehydes is 1. The summed E-state index contributed by atoms with van der Waals surface area (Å²) in [5.41, 5.74) is 0.360. The van der Waals surface area contributed by atoms with Gasteiger partial charge in [-0.2, -0.15) is 8.78 Å². The maximum absolute atomic E-state index is 12.9. The Morgan fingerprint density at radius 1 is 1.27 bits per heavy atom. The minimum atomic E-state index is -3.66. The van der Waals surface area contributed by atoms with Gasteiger partial charge < -0.3 is 4.74 Å². The molecule has 0 saturated carbocycles. The first kappa shape index (κ1) is 12.2. The number of rotatable bonds is 4. The maximum atomic E-state index is 12.9. The Morgan fingerprint density at radius 3 is 2.20 bits per heavy atom. The molecular formula is C9H6Cl2F2O2. The second-order valence-corrected chi connectivity index (χ2v) is 3.75. The van der Waals surface area contributed by atoms with Crippen LogP contribution in [0.2, 0.25) is 0 Å². The van der Waals surface area contributed by atoms with Crippen LogP contribution in [0.4, 0.5) is 8.78 Å². The van der Waals surface area contributed by atoms with Crippen molar-refractivity contribution < 1.29 is 18.3 Å². The molecule has 1 aromatic carbocycles. The van der Waals surface area contributed by atoms with Gasteiger partial charge in [-0.25, -0.2) is 0 Å². The van der Waals surface area contributed by atoms with Crippen LogP contribution in [0.15, 0.2) is 24.3 Å². The van der Waals surface area contributed by atoms with Crippen LogP contribution in [0.5, 0.6) is 5.75 Å². The minimum absolute atomic E-state index is 0.114. The molecule has 0 N–H and O–H groups in total. The van der Waals surface area contributed by atoms with E-state index in [0.717, 1.165) is 0 Å². The zero-order valence-corrected chi connectivity index (χ0v) is 8.80. The Hall–Kier alpha value is -0.870. The van der Waals surface area contributed by atoms with E-state index in [1.165, 1.54) is 24.3 Å². The number of benzene rings is 1. The monoisotopic (exact) mass is 254 g/mol. The molecule has 0 aliphatic rings. The zero-order valence-electron chi connectivity index (χ0n) is 7.29. The highest BCUT2D eigenvalue weighted by atomic mass is 35.5. The Morgan fingerprint density at radius 2 is 1.80 bits per heavy atom. The summed E-state index contributed by atoms with van der Waals surface area (Å²) in [6, 6.07) is 5.15. The first-order valence-corrected chi connectivity index (χ1v) is 4.73. The molecule has 0 unspecified atom stereocenters. The third-order valence-corrected chi connectivity index (χ3v) is 2.03. The summed E-state index contributed by atoms with van der Waals surface area (Å²) < 4.78 is 30.0. The van der Waals surface area contributed by atoms with E-state index in [1.807, 2.05) is 0 Å². The van der Waals surface area contributed by atoms with E-state index in [-0.39, 0.29) is 5.75 Å². The normalized spacial score (nSPS) is 11.5. The number of carbonyl (C=O) groups excluding carboxylic acids is 1. The lowest BCUT2D eigenvalue weighted by Gasteiger charge is -2.18. The zero-order chi connectivity index (χ0) is 11.5. The predicted molar refractivity (Wildman–Crippen MR) is 52.9 cm³/mol. The van der Waals surface area contributed by atoms with E-state index >= 15 is 0 Å². The van der Waals surface area contributed by atoms with Gasteiger partial charge in [0, 0.05) is 5.56 Å². The standard InChI is InChI=1S/C9H6Cl2F2O2/c10-8(11)9(12,13)15-7-3-1-6(5-14)2-4-7/h1-5,8H. The van der Waals surface area contributed by atoms with E-state index in [0.29, 0.717) is 11.8 Å². The largest absolute Gasteiger partial charge is 0.431 e. The summed E-state index contributed by atoms with van der Waals surface area (Å²) in [6.07, 6.45) is -3.07. The highest BCUT2D eigenvalue weighted by Gasteiger charge is 2.40. The van der Waals surface area contributed by atoms with E-state index in [1.54, 1.807) is 0 Å². The average Bonchev–Trinajstić information content (AvgIpc) is 2.18. The third kappa shape index (κ3) is 3.32. The van der Waals surface area contributed by atoms with Crippen LogP contribution in [0.3, 0.4) is 0 Å². The van der Waals surface area contributed by atoms with E-state index in [9.17, 15) is 13.6 Å².